The van der Waals surface area contributed by atoms with Crippen molar-refractivity contribution in [2.24, 2.45) is 0 Å². The predicted molar refractivity (Wildman–Crippen MR) is 102 cm³/mol. The topological polar surface area (TPSA) is 15.3 Å². The van der Waals surface area contributed by atoms with Crippen molar-refractivity contribution in [2.75, 3.05) is 30.9 Å². The quantitative estimate of drug-likeness (QED) is 0.838. The molecule has 1 aliphatic heterocycles. The third-order valence-electron chi connectivity index (χ3n) is 3.12. The van der Waals surface area contributed by atoms with Crippen molar-refractivity contribution in [1.82, 2.24) is 5.32 Å². The van der Waals surface area contributed by atoms with Gasteiger partial charge in [0.15, 0.2) is 0 Å². The van der Waals surface area contributed by atoms with Gasteiger partial charge in [-0.05, 0) is 37.6 Å². The van der Waals surface area contributed by atoms with E-state index in [1.165, 1.54) is 17.8 Å². The van der Waals surface area contributed by atoms with Crippen LogP contribution in [-0.2, 0) is 0 Å². The van der Waals surface area contributed by atoms with E-state index in [1.807, 2.05) is 37.4 Å². The minimum Gasteiger partial charge on any atom is -0.368 e. The fraction of sp³-hybridized carbons (Fsp3) is 0.333. The molecule has 2 aromatic carbocycles. The largest absolute Gasteiger partial charge is 0.368 e. The fourth-order valence-electron chi connectivity index (χ4n) is 2.11. The van der Waals surface area contributed by atoms with Crippen LogP contribution in [-0.4, -0.2) is 26.0 Å². The van der Waals surface area contributed by atoms with Gasteiger partial charge in [-0.15, -0.1) is 17.0 Å². The van der Waals surface area contributed by atoms with Crippen molar-refractivity contribution in [3.8, 4) is 0 Å². The molecule has 0 unspecified atom stereocenters. The summed E-state index contributed by atoms with van der Waals surface area (Å²) < 4.78 is 65.4. The van der Waals surface area contributed by atoms with E-state index in [9.17, 15) is 0 Å². The number of benzene rings is 2. The normalized spacial score (nSPS) is 29.1. The molecule has 1 N–H and O–H groups in total. The van der Waals surface area contributed by atoms with Gasteiger partial charge in [-0.1, -0.05) is 41.6 Å². The Morgan fingerprint density at radius 3 is 2.50 bits per heavy atom. The minimum atomic E-state index is -2.86. The summed E-state index contributed by atoms with van der Waals surface area (Å²) in [6.45, 7) is -7.47. The lowest BCUT2D eigenvalue weighted by Crippen LogP contribution is -2.43. The molecule has 118 valence electrons. The number of hydrogen-bond acceptors (Lipinski definition) is 3. The maximum atomic E-state index is 8.34. The summed E-state index contributed by atoms with van der Waals surface area (Å²) in [6.07, 6.45) is 0. The molecule has 1 aliphatic rings. The van der Waals surface area contributed by atoms with Gasteiger partial charge in [0.2, 0.25) is 0 Å². The second kappa shape index (κ2) is 8.04. The van der Waals surface area contributed by atoms with Crippen molar-refractivity contribution >= 4 is 34.4 Å². The predicted octanol–water partition coefficient (Wildman–Crippen LogP) is 4.44. The molecule has 0 atom stereocenters. The molecule has 0 aliphatic carbocycles. The average molecular weight is 387 g/mol. The highest BCUT2D eigenvalue weighted by atomic mass is 79.9. The molecule has 0 bridgehead atoms. The van der Waals surface area contributed by atoms with E-state index in [0.29, 0.717) is 9.80 Å². The van der Waals surface area contributed by atoms with Crippen LogP contribution < -0.4 is 10.2 Å². The van der Waals surface area contributed by atoms with Crippen LogP contribution in [0.5, 0.6) is 0 Å². The highest BCUT2D eigenvalue weighted by Crippen LogP contribution is 2.37. The van der Waals surface area contributed by atoms with Gasteiger partial charge in [0, 0.05) is 41.3 Å². The summed E-state index contributed by atoms with van der Waals surface area (Å²) in [4.78, 5) is 1.98. The molecular weight excluding hydrogens is 356 g/mol. The number of piperazine rings is 1. The van der Waals surface area contributed by atoms with Gasteiger partial charge in [0.05, 0.1) is 11.2 Å². The van der Waals surface area contributed by atoms with E-state index >= 15 is 0 Å². The minimum absolute atomic E-state index is 0. The van der Waals surface area contributed by atoms with E-state index in [2.05, 4.69) is 0 Å². The van der Waals surface area contributed by atoms with Crippen LogP contribution in [0.25, 0.3) is 0 Å². The zero-order valence-corrected chi connectivity index (χ0v) is 14.8. The van der Waals surface area contributed by atoms with Crippen molar-refractivity contribution in [1.29, 1.82) is 0 Å². The summed E-state index contributed by atoms with van der Waals surface area (Å²) in [5.74, 6) is 0. The fourth-order valence-corrected chi connectivity index (χ4v) is 3.11. The summed E-state index contributed by atoms with van der Waals surface area (Å²) in [7, 11) is 0. The van der Waals surface area contributed by atoms with Crippen LogP contribution in [0.4, 0.5) is 5.69 Å². The van der Waals surface area contributed by atoms with Crippen molar-refractivity contribution in [3.05, 3.63) is 53.6 Å². The second-order valence-corrected chi connectivity index (χ2v) is 5.86. The summed E-state index contributed by atoms with van der Waals surface area (Å²) in [5.41, 5.74) is 2.18. The molecule has 4 heteroatoms. The number of nitrogens with one attached hydrogen (secondary N) is 1. The first-order valence-corrected chi connectivity index (χ1v) is 7.46. The Kier molecular flexibility index (Phi) is 3.42. The Hall–Kier alpha value is -0.970. The molecule has 0 aromatic heterocycles. The summed E-state index contributed by atoms with van der Waals surface area (Å²) >= 11 is 1.30. The highest BCUT2D eigenvalue weighted by Gasteiger charge is 2.14. The molecule has 22 heavy (non-hydrogen) atoms. The second-order valence-electron chi connectivity index (χ2n) is 4.77. The van der Waals surface area contributed by atoms with E-state index < -0.39 is 26.0 Å². The van der Waals surface area contributed by atoms with Crippen LogP contribution in [0.1, 0.15) is 22.1 Å². The number of rotatable bonds is 3. The molecule has 1 fully saturated rings. The molecular formula is C18H23BrN2S. The number of nitrogens with zero attached hydrogens (tertiary/aromatic N) is 1. The van der Waals surface area contributed by atoms with Crippen molar-refractivity contribution < 1.29 is 11.0 Å². The summed E-state index contributed by atoms with van der Waals surface area (Å²) in [5, 5.41) is 1.86. The van der Waals surface area contributed by atoms with Crippen LogP contribution in [0.15, 0.2) is 52.3 Å². The Labute approximate surface area is 159 Å². The zero-order chi connectivity index (χ0) is 21.8. The maximum Gasteiger partial charge on any atom is 0.0508 e. The Balaban J connectivity index is 0.00000320. The SMILES string of the molecule is Br.[2H]C1([2H])NC([2H])([2H])C([2H])([2H])N(c2ccccc2Sc2ccc(C)cc2C)C1([2H])[2H]. The average Bonchev–Trinajstić information content (AvgIpc) is 2.56. The molecule has 0 saturated carbocycles. The molecule has 0 spiro atoms. The molecule has 0 radical (unpaired) electrons. The van der Waals surface area contributed by atoms with Crippen LogP contribution in [0, 0.1) is 13.8 Å². The number of anilines is 1. The van der Waals surface area contributed by atoms with Crippen LogP contribution in [0.3, 0.4) is 0 Å². The Morgan fingerprint density at radius 1 is 1.05 bits per heavy atom. The number of aryl methyl sites for hydroxylation is 2. The van der Waals surface area contributed by atoms with Gasteiger partial charge in [0.1, 0.15) is 0 Å². The number of hydrogen-bond donors (Lipinski definition) is 1. The lowest BCUT2D eigenvalue weighted by molar-refractivity contribution is 0.587. The standard InChI is InChI=1S/C18H22N2S.BrH/c1-14-7-8-17(15(2)13-14)21-18-6-4-3-5-16(18)20-11-9-19-10-12-20;/h3-8,13,19H,9-12H2,1-2H3;1H/i9D2,10D2,11D2,12D2;. The van der Waals surface area contributed by atoms with Gasteiger partial charge in [0.25, 0.3) is 0 Å². The maximum absolute atomic E-state index is 8.34. The molecule has 0 amide bonds. The molecule has 3 rings (SSSR count). The number of para-hydroxylation sites is 1. The first kappa shape index (κ1) is 9.36. The molecule has 1 saturated heterocycles. The smallest absolute Gasteiger partial charge is 0.0508 e. The van der Waals surface area contributed by atoms with Gasteiger partial charge in [-0.25, -0.2) is 0 Å². The lowest BCUT2D eigenvalue weighted by atomic mass is 10.2. The van der Waals surface area contributed by atoms with E-state index in [-0.39, 0.29) is 22.7 Å². The third-order valence-corrected chi connectivity index (χ3v) is 4.36. The molecule has 1 heterocycles. The van der Waals surface area contributed by atoms with Crippen molar-refractivity contribution in [3.63, 3.8) is 0 Å². The first-order chi connectivity index (χ1) is 13.2. The first-order valence-electron chi connectivity index (χ1n) is 10.6. The van der Waals surface area contributed by atoms with E-state index in [4.69, 9.17) is 11.0 Å². The highest BCUT2D eigenvalue weighted by molar-refractivity contribution is 8.93. The monoisotopic (exact) mass is 386 g/mol. The summed E-state index contributed by atoms with van der Waals surface area (Å²) in [6, 6.07) is 12.4. The van der Waals surface area contributed by atoms with E-state index in [0.717, 1.165) is 16.0 Å². The van der Waals surface area contributed by atoms with Crippen molar-refractivity contribution in [2.45, 2.75) is 23.6 Å². The van der Waals surface area contributed by atoms with Gasteiger partial charge >= 0.3 is 0 Å². The number of halogens is 1. The van der Waals surface area contributed by atoms with Gasteiger partial charge in [-0.2, -0.15) is 0 Å². The van der Waals surface area contributed by atoms with Crippen LogP contribution in [0.2, 0.25) is 0 Å². The van der Waals surface area contributed by atoms with E-state index in [1.54, 1.807) is 18.2 Å². The molecule has 2 aromatic rings. The Bertz CT molecular complexity index is 912. The van der Waals surface area contributed by atoms with Gasteiger partial charge in [-0.3, -0.25) is 0 Å². The zero-order valence-electron chi connectivity index (χ0n) is 20.3. The Morgan fingerprint density at radius 2 is 1.77 bits per heavy atom. The van der Waals surface area contributed by atoms with Crippen LogP contribution >= 0.6 is 28.7 Å². The molecule has 2 nitrogen and oxygen atoms in total. The third kappa shape index (κ3) is 4.06. The lowest BCUT2D eigenvalue weighted by Gasteiger charge is -2.31. The van der Waals surface area contributed by atoms with Gasteiger partial charge < -0.3 is 10.2 Å².